The number of hydrogen-bond donors (Lipinski definition) is 1. The first kappa shape index (κ1) is 15.3. The number of pyridine rings is 1. The van der Waals surface area contributed by atoms with E-state index in [0.29, 0.717) is 6.54 Å². The zero-order valence-corrected chi connectivity index (χ0v) is 12.8. The van der Waals surface area contributed by atoms with Crippen LogP contribution in [-0.2, 0) is 4.79 Å². The lowest BCUT2D eigenvalue weighted by molar-refractivity contribution is -0.132. The summed E-state index contributed by atoms with van der Waals surface area (Å²) in [5.74, 6) is 0.0102. The molecule has 0 aliphatic carbocycles. The lowest BCUT2D eigenvalue weighted by atomic mass is 10.1. The summed E-state index contributed by atoms with van der Waals surface area (Å²) in [7, 11) is 0. The summed E-state index contributed by atoms with van der Waals surface area (Å²) in [5, 5.41) is 2.70. The molecule has 1 N–H and O–H groups in total. The van der Waals surface area contributed by atoms with Crippen molar-refractivity contribution in [3.05, 3.63) is 54.2 Å². The van der Waals surface area contributed by atoms with Crippen LogP contribution in [0.2, 0.25) is 0 Å². The van der Waals surface area contributed by atoms with Crippen LogP contribution in [0.25, 0.3) is 0 Å². The van der Waals surface area contributed by atoms with E-state index in [-0.39, 0.29) is 30.0 Å². The molecule has 1 unspecified atom stereocenters. The standard InChI is InChI=1S/C17H19N3O3/c21-16(7-9-19-17(22)15-6-3-11-23-15)20-10-2-5-14(20)13-4-1-8-18-12-13/h1,3-4,6,8,11-12,14H,2,5,7,9-10H2,(H,19,22). The highest BCUT2D eigenvalue weighted by Crippen LogP contribution is 2.31. The van der Waals surface area contributed by atoms with Gasteiger partial charge in [0.1, 0.15) is 0 Å². The van der Waals surface area contributed by atoms with Crippen molar-refractivity contribution >= 4 is 11.8 Å². The second-order valence-electron chi connectivity index (χ2n) is 5.51. The largest absolute Gasteiger partial charge is 0.459 e. The Hall–Kier alpha value is -2.63. The average molecular weight is 313 g/mol. The summed E-state index contributed by atoms with van der Waals surface area (Å²) in [6.07, 6.45) is 7.22. The van der Waals surface area contributed by atoms with Crippen molar-refractivity contribution in [2.24, 2.45) is 0 Å². The van der Waals surface area contributed by atoms with E-state index < -0.39 is 0 Å². The molecule has 0 aromatic carbocycles. The van der Waals surface area contributed by atoms with Gasteiger partial charge in [-0.05, 0) is 36.6 Å². The fourth-order valence-corrected chi connectivity index (χ4v) is 2.91. The van der Waals surface area contributed by atoms with Gasteiger partial charge < -0.3 is 14.6 Å². The molecule has 2 aromatic rings. The van der Waals surface area contributed by atoms with Crippen LogP contribution < -0.4 is 5.32 Å². The third kappa shape index (κ3) is 3.59. The number of carbonyl (C=O) groups excluding carboxylic acids is 2. The van der Waals surface area contributed by atoms with Crippen molar-refractivity contribution in [2.75, 3.05) is 13.1 Å². The summed E-state index contributed by atoms with van der Waals surface area (Å²) < 4.78 is 5.01. The van der Waals surface area contributed by atoms with Gasteiger partial charge in [-0.25, -0.2) is 0 Å². The molecule has 120 valence electrons. The zero-order chi connectivity index (χ0) is 16.1. The van der Waals surface area contributed by atoms with Crippen LogP contribution in [0.4, 0.5) is 0 Å². The summed E-state index contributed by atoms with van der Waals surface area (Å²) in [5.41, 5.74) is 1.07. The summed E-state index contributed by atoms with van der Waals surface area (Å²) >= 11 is 0. The summed E-state index contributed by atoms with van der Waals surface area (Å²) in [6, 6.07) is 7.23. The second-order valence-corrected chi connectivity index (χ2v) is 5.51. The molecule has 1 atom stereocenters. The van der Waals surface area contributed by atoms with Gasteiger partial charge in [-0.15, -0.1) is 0 Å². The van der Waals surface area contributed by atoms with E-state index in [9.17, 15) is 9.59 Å². The van der Waals surface area contributed by atoms with Gasteiger partial charge >= 0.3 is 0 Å². The van der Waals surface area contributed by atoms with Crippen LogP contribution in [0.15, 0.2) is 47.3 Å². The third-order valence-electron chi connectivity index (χ3n) is 4.01. The van der Waals surface area contributed by atoms with Crippen LogP contribution in [-0.4, -0.2) is 34.8 Å². The molecular weight excluding hydrogens is 294 g/mol. The van der Waals surface area contributed by atoms with Crippen LogP contribution in [0.5, 0.6) is 0 Å². The van der Waals surface area contributed by atoms with Gasteiger partial charge in [-0.2, -0.15) is 0 Å². The maximum atomic E-state index is 12.4. The van der Waals surface area contributed by atoms with Crippen molar-refractivity contribution < 1.29 is 14.0 Å². The van der Waals surface area contributed by atoms with Gasteiger partial charge in [0.15, 0.2) is 5.76 Å². The normalized spacial score (nSPS) is 17.2. The topological polar surface area (TPSA) is 75.4 Å². The van der Waals surface area contributed by atoms with Crippen molar-refractivity contribution in [3.8, 4) is 0 Å². The molecule has 0 saturated carbocycles. The molecule has 0 radical (unpaired) electrons. The molecular formula is C17H19N3O3. The van der Waals surface area contributed by atoms with E-state index in [1.807, 2.05) is 23.2 Å². The van der Waals surface area contributed by atoms with Crippen molar-refractivity contribution in [1.82, 2.24) is 15.2 Å². The monoisotopic (exact) mass is 313 g/mol. The molecule has 23 heavy (non-hydrogen) atoms. The maximum Gasteiger partial charge on any atom is 0.286 e. The maximum absolute atomic E-state index is 12.4. The lowest BCUT2D eigenvalue weighted by Gasteiger charge is -2.25. The fourth-order valence-electron chi connectivity index (χ4n) is 2.91. The Balaban J connectivity index is 1.52. The van der Waals surface area contributed by atoms with E-state index in [2.05, 4.69) is 10.3 Å². The first-order chi connectivity index (χ1) is 11.3. The Morgan fingerprint density at radius 2 is 2.26 bits per heavy atom. The number of nitrogens with zero attached hydrogens (tertiary/aromatic N) is 2. The van der Waals surface area contributed by atoms with Gasteiger partial charge in [0.25, 0.3) is 5.91 Å². The number of furan rings is 1. The number of carbonyl (C=O) groups is 2. The molecule has 6 heteroatoms. The first-order valence-electron chi connectivity index (χ1n) is 7.77. The van der Waals surface area contributed by atoms with Crippen molar-refractivity contribution in [1.29, 1.82) is 0 Å². The Kier molecular flexibility index (Phi) is 4.71. The van der Waals surface area contributed by atoms with Crippen LogP contribution in [0.1, 0.15) is 41.4 Å². The second kappa shape index (κ2) is 7.09. The third-order valence-corrected chi connectivity index (χ3v) is 4.01. The number of likely N-dealkylation sites (tertiary alicyclic amines) is 1. The molecule has 1 aliphatic rings. The van der Waals surface area contributed by atoms with Crippen LogP contribution >= 0.6 is 0 Å². The SMILES string of the molecule is O=C(NCCC(=O)N1CCCC1c1cccnc1)c1ccco1. The van der Waals surface area contributed by atoms with Gasteiger partial charge in [0.2, 0.25) is 5.91 Å². The Labute approximate surface area is 134 Å². The summed E-state index contributed by atoms with van der Waals surface area (Å²) in [4.78, 5) is 30.2. The molecule has 1 aliphatic heterocycles. The van der Waals surface area contributed by atoms with E-state index >= 15 is 0 Å². The van der Waals surface area contributed by atoms with Crippen molar-refractivity contribution in [3.63, 3.8) is 0 Å². The lowest BCUT2D eigenvalue weighted by Crippen LogP contribution is -2.34. The molecule has 2 aromatic heterocycles. The quantitative estimate of drug-likeness (QED) is 0.918. The highest BCUT2D eigenvalue weighted by molar-refractivity contribution is 5.91. The first-order valence-corrected chi connectivity index (χ1v) is 7.77. The highest BCUT2D eigenvalue weighted by Gasteiger charge is 2.29. The van der Waals surface area contributed by atoms with E-state index in [4.69, 9.17) is 4.42 Å². The van der Waals surface area contributed by atoms with Gasteiger partial charge in [-0.1, -0.05) is 6.07 Å². The number of amides is 2. The smallest absolute Gasteiger partial charge is 0.286 e. The van der Waals surface area contributed by atoms with Gasteiger partial charge in [0, 0.05) is 31.9 Å². The van der Waals surface area contributed by atoms with Gasteiger partial charge in [0.05, 0.1) is 12.3 Å². The molecule has 3 heterocycles. The highest BCUT2D eigenvalue weighted by atomic mass is 16.3. The van der Waals surface area contributed by atoms with E-state index in [0.717, 1.165) is 24.9 Å². The van der Waals surface area contributed by atoms with Crippen molar-refractivity contribution in [2.45, 2.75) is 25.3 Å². The minimum Gasteiger partial charge on any atom is -0.459 e. The molecule has 0 spiro atoms. The molecule has 0 bridgehead atoms. The number of aromatic nitrogens is 1. The minimum atomic E-state index is -0.298. The Morgan fingerprint density at radius 1 is 1.35 bits per heavy atom. The number of rotatable bonds is 5. The predicted molar refractivity (Wildman–Crippen MR) is 83.6 cm³/mol. The molecule has 1 fully saturated rings. The Bertz CT molecular complexity index is 655. The Morgan fingerprint density at radius 3 is 3.00 bits per heavy atom. The fraction of sp³-hybridized carbons (Fsp3) is 0.353. The van der Waals surface area contributed by atoms with E-state index in [1.54, 1.807) is 18.3 Å². The predicted octanol–water partition coefficient (Wildman–Crippen LogP) is 2.16. The molecule has 6 nitrogen and oxygen atoms in total. The zero-order valence-electron chi connectivity index (χ0n) is 12.8. The van der Waals surface area contributed by atoms with Crippen LogP contribution in [0.3, 0.4) is 0 Å². The number of hydrogen-bond acceptors (Lipinski definition) is 4. The molecule has 3 rings (SSSR count). The molecule has 1 saturated heterocycles. The average Bonchev–Trinajstić information content (AvgIpc) is 3.27. The number of nitrogens with one attached hydrogen (secondary N) is 1. The summed E-state index contributed by atoms with van der Waals surface area (Å²) in [6.45, 7) is 1.05. The van der Waals surface area contributed by atoms with Gasteiger partial charge in [-0.3, -0.25) is 14.6 Å². The minimum absolute atomic E-state index is 0.0519. The van der Waals surface area contributed by atoms with E-state index in [1.165, 1.54) is 6.26 Å². The van der Waals surface area contributed by atoms with Crippen LogP contribution in [0, 0.1) is 0 Å². The molecule has 2 amide bonds.